The fourth-order valence-corrected chi connectivity index (χ4v) is 3.53. The number of halogens is 2. The van der Waals surface area contributed by atoms with Crippen molar-refractivity contribution in [2.75, 3.05) is 7.11 Å². The van der Waals surface area contributed by atoms with Crippen LogP contribution in [0.2, 0.25) is 5.02 Å². The predicted octanol–water partition coefficient (Wildman–Crippen LogP) is 4.21. The second-order valence-electron chi connectivity index (χ2n) is 5.64. The molecule has 1 aromatic carbocycles. The zero-order valence-corrected chi connectivity index (χ0v) is 15.2. The van der Waals surface area contributed by atoms with Gasteiger partial charge in [0, 0.05) is 10.4 Å². The van der Waals surface area contributed by atoms with Gasteiger partial charge in [0.25, 0.3) is 0 Å². The molecular weight excluding hydrogens is 403 g/mol. The average molecular weight is 419 g/mol. The van der Waals surface area contributed by atoms with Gasteiger partial charge in [0.1, 0.15) is 0 Å². The van der Waals surface area contributed by atoms with Gasteiger partial charge in [0.2, 0.25) is 0 Å². The SMILES string of the molecule is COC(=O)c1nn(-c2ccc(Cl)cc2)c(C(C)(C)C)c1I. The maximum atomic E-state index is 11.9. The third kappa shape index (κ3) is 3.23. The van der Waals surface area contributed by atoms with Crippen LogP contribution in [0, 0.1) is 3.57 Å². The lowest BCUT2D eigenvalue weighted by atomic mass is 9.91. The van der Waals surface area contributed by atoms with E-state index in [1.165, 1.54) is 7.11 Å². The number of benzene rings is 1. The van der Waals surface area contributed by atoms with Crippen molar-refractivity contribution in [1.29, 1.82) is 0 Å². The molecule has 0 saturated heterocycles. The van der Waals surface area contributed by atoms with Crippen LogP contribution < -0.4 is 0 Å². The Hall–Kier alpha value is -1.08. The van der Waals surface area contributed by atoms with Gasteiger partial charge in [0.05, 0.1) is 22.1 Å². The van der Waals surface area contributed by atoms with Crippen LogP contribution in [0.3, 0.4) is 0 Å². The Labute approximate surface area is 142 Å². The fourth-order valence-electron chi connectivity index (χ4n) is 2.04. The van der Waals surface area contributed by atoms with Gasteiger partial charge in [-0.1, -0.05) is 32.4 Å². The molecule has 21 heavy (non-hydrogen) atoms. The Morgan fingerprint density at radius 2 is 1.86 bits per heavy atom. The summed E-state index contributed by atoms with van der Waals surface area (Å²) in [4.78, 5) is 11.9. The van der Waals surface area contributed by atoms with Crippen molar-refractivity contribution < 1.29 is 9.53 Å². The summed E-state index contributed by atoms with van der Waals surface area (Å²) in [6, 6.07) is 7.36. The van der Waals surface area contributed by atoms with Crippen LogP contribution in [0.5, 0.6) is 0 Å². The summed E-state index contributed by atoms with van der Waals surface area (Å²) < 4.78 is 7.40. The largest absolute Gasteiger partial charge is 0.464 e. The van der Waals surface area contributed by atoms with E-state index in [4.69, 9.17) is 16.3 Å². The summed E-state index contributed by atoms with van der Waals surface area (Å²) in [6.07, 6.45) is 0. The van der Waals surface area contributed by atoms with Crippen molar-refractivity contribution in [3.8, 4) is 5.69 Å². The minimum atomic E-state index is -0.433. The highest BCUT2D eigenvalue weighted by molar-refractivity contribution is 14.1. The maximum Gasteiger partial charge on any atom is 0.359 e. The van der Waals surface area contributed by atoms with Crippen molar-refractivity contribution in [3.05, 3.63) is 44.2 Å². The van der Waals surface area contributed by atoms with Gasteiger partial charge in [-0.2, -0.15) is 5.10 Å². The molecule has 0 amide bonds. The molecule has 0 radical (unpaired) electrons. The summed E-state index contributed by atoms with van der Waals surface area (Å²) in [5.41, 5.74) is 1.98. The molecule has 2 rings (SSSR count). The molecule has 1 heterocycles. The zero-order chi connectivity index (χ0) is 15.8. The third-order valence-corrected chi connectivity index (χ3v) is 4.26. The van der Waals surface area contributed by atoms with Gasteiger partial charge in [-0.15, -0.1) is 0 Å². The Kier molecular flexibility index (Phi) is 4.63. The molecule has 4 nitrogen and oxygen atoms in total. The summed E-state index contributed by atoms with van der Waals surface area (Å²) in [5.74, 6) is -0.433. The topological polar surface area (TPSA) is 44.1 Å². The number of ether oxygens (including phenoxy) is 1. The van der Waals surface area contributed by atoms with E-state index in [1.54, 1.807) is 16.8 Å². The predicted molar refractivity (Wildman–Crippen MR) is 91.3 cm³/mol. The van der Waals surface area contributed by atoms with Crippen LogP contribution in [0.25, 0.3) is 5.69 Å². The first-order valence-electron chi connectivity index (χ1n) is 6.39. The summed E-state index contributed by atoms with van der Waals surface area (Å²) in [7, 11) is 1.36. The lowest BCUT2D eigenvalue weighted by Crippen LogP contribution is -2.18. The van der Waals surface area contributed by atoms with E-state index >= 15 is 0 Å². The Balaban J connectivity index is 2.69. The lowest BCUT2D eigenvalue weighted by molar-refractivity contribution is 0.0592. The van der Waals surface area contributed by atoms with Crippen LogP contribution in [-0.2, 0) is 10.2 Å². The lowest BCUT2D eigenvalue weighted by Gasteiger charge is -2.21. The van der Waals surface area contributed by atoms with Crippen molar-refractivity contribution in [2.24, 2.45) is 0 Å². The van der Waals surface area contributed by atoms with Crippen molar-refractivity contribution in [1.82, 2.24) is 9.78 Å². The van der Waals surface area contributed by atoms with Gasteiger partial charge < -0.3 is 4.74 Å². The second kappa shape index (κ2) is 5.96. The van der Waals surface area contributed by atoms with Gasteiger partial charge in [-0.3, -0.25) is 0 Å². The molecule has 1 aromatic heterocycles. The number of esters is 1. The van der Waals surface area contributed by atoms with Crippen LogP contribution in [0.15, 0.2) is 24.3 Å². The first-order valence-corrected chi connectivity index (χ1v) is 7.84. The molecule has 2 aromatic rings. The molecule has 0 N–H and O–H groups in total. The minimum Gasteiger partial charge on any atom is -0.464 e. The molecule has 112 valence electrons. The quantitative estimate of drug-likeness (QED) is 0.542. The van der Waals surface area contributed by atoms with Crippen LogP contribution in [-0.4, -0.2) is 22.9 Å². The number of carbonyl (C=O) groups is 1. The zero-order valence-electron chi connectivity index (χ0n) is 12.3. The monoisotopic (exact) mass is 418 g/mol. The van der Waals surface area contributed by atoms with E-state index in [0.717, 1.165) is 15.0 Å². The molecule has 0 spiro atoms. The minimum absolute atomic E-state index is 0.171. The molecule has 0 bridgehead atoms. The number of hydrogen-bond donors (Lipinski definition) is 0. The standard InChI is InChI=1S/C15H16ClIN2O2/c1-15(2,3)13-11(17)12(14(20)21-4)18-19(13)10-7-5-9(16)6-8-10/h5-8H,1-4H3. The van der Waals surface area contributed by atoms with E-state index in [2.05, 4.69) is 48.5 Å². The van der Waals surface area contributed by atoms with Gasteiger partial charge >= 0.3 is 5.97 Å². The molecule has 6 heteroatoms. The Morgan fingerprint density at radius 3 is 2.33 bits per heavy atom. The average Bonchev–Trinajstić information content (AvgIpc) is 2.76. The van der Waals surface area contributed by atoms with Crippen molar-refractivity contribution >= 4 is 40.2 Å². The fraction of sp³-hybridized carbons (Fsp3) is 0.333. The van der Waals surface area contributed by atoms with Crippen molar-refractivity contribution in [3.63, 3.8) is 0 Å². The Bertz CT molecular complexity index is 672. The number of rotatable bonds is 2. The normalized spacial score (nSPS) is 11.5. The third-order valence-electron chi connectivity index (χ3n) is 2.99. The number of nitrogens with zero attached hydrogens (tertiary/aromatic N) is 2. The smallest absolute Gasteiger partial charge is 0.359 e. The van der Waals surface area contributed by atoms with E-state index < -0.39 is 5.97 Å². The highest BCUT2D eigenvalue weighted by Gasteiger charge is 2.29. The molecule has 0 aliphatic carbocycles. The summed E-state index contributed by atoms with van der Waals surface area (Å²) in [6.45, 7) is 6.25. The highest BCUT2D eigenvalue weighted by atomic mass is 127. The number of hydrogen-bond acceptors (Lipinski definition) is 3. The van der Waals surface area contributed by atoms with E-state index in [1.807, 2.05) is 12.1 Å². The highest BCUT2D eigenvalue weighted by Crippen LogP contribution is 2.32. The molecule has 0 unspecified atom stereocenters. The molecule has 0 atom stereocenters. The number of methoxy groups -OCH3 is 1. The van der Waals surface area contributed by atoms with Crippen molar-refractivity contribution in [2.45, 2.75) is 26.2 Å². The molecular formula is C15H16ClIN2O2. The van der Waals surface area contributed by atoms with E-state index in [-0.39, 0.29) is 5.41 Å². The van der Waals surface area contributed by atoms with Gasteiger partial charge in [0.15, 0.2) is 5.69 Å². The number of carbonyl (C=O) groups excluding carboxylic acids is 1. The molecule has 0 saturated carbocycles. The van der Waals surface area contributed by atoms with Crippen LogP contribution in [0.1, 0.15) is 37.0 Å². The molecule has 0 aliphatic heterocycles. The number of aromatic nitrogens is 2. The van der Waals surface area contributed by atoms with E-state index in [9.17, 15) is 4.79 Å². The van der Waals surface area contributed by atoms with E-state index in [0.29, 0.717) is 10.7 Å². The van der Waals surface area contributed by atoms with Crippen LogP contribution in [0.4, 0.5) is 0 Å². The second-order valence-corrected chi connectivity index (χ2v) is 7.16. The maximum absolute atomic E-state index is 11.9. The Morgan fingerprint density at radius 1 is 1.29 bits per heavy atom. The van der Waals surface area contributed by atoms with Gasteiger partial charge in [-0.25, -0.2) is 9.48 Å². The van der Waals surface area contributed by atoms with Crippen LogP contribution >= 0.6 is 34.2 Å². The first kappa shape index (κ1) is 16.3. The molecule has 0 aliphatic rings. The summed E-state index contributed by atoms with van der Waals surface area (Å²) >= 11 is 8.08. The van der Waals surface area contributed by atoms with Gasteiger partial charge in [-0.05, 0) is 46.9 Å². The first-order chi connectivity index (χ1) is 9.75. The summed E-state index contributed by atoms with van der Waals surface area (Å²) in [5, 5.41) is 5.10. The molecule has 0 fully saturated rings.